The summed E-state index contributed by atoms with van der Waals surface area (Å²) in [4.78, 5) is 16.3. The predicted octanol–water partition coefficient (Wildman–Crippen LogP) is 5.03. The number of nitrogens with zero attached hydrogens (tertiary/aromatic N) is 4. The van der Waals surface area contributed by atoms with Gasteiger partial charge in [0.25, 0.3) is 0 Å². The Labute approximate surface area is 190 Å². The van der Waals surface area contributed by atoms with Crippen LogP contribution in [0, 0.1) is 11.7 Å². The molecule has 1 aliphatic heterocycles. The van der Waals surface area contributed by atoms with E-state index in [1.54, 1.807) is 18.5 Å². The zero-order valence-electron chi connectivity index (χ0n) is 17.2. The highest BCUT2D eigenvalue weighted by molar-refractivity contribution is 6.31. The first-order valence-electron chi connectivity index (χ1n) is 10.9. The lowest BCUT2D eigenvalue weighted by Crippen LogP contribution is -2.54. The monoisotopic (exact) mass is 462 g/mol. The molecular weight excluding hydrogens is 438 g/mol. The molecule has 1 aliphatic carbocycles. The number of fused-ring (bicyclic) bond motifs is 1. The third kappa shape index (κ3) is 4.16. The molecule has 0 unspecified atom stereocenters. The molecule has 0 amide bonds. The molecule has 5 rings (SSSR count). The van der Waals surface area contributed by atoms with Crippen molar-refractivity contribution in [2.45, 2.75) is 50.5 Å². The van der Waals surface area contributed by atoms with E-state index in [9.17, 15) is 4.39 Å². The van der Waals surface area contributed by atoms with Crippen molar-refractivity contribution in [1.82, 2.24) is 30.4 Å². The van der Waals surface area contributed by atoms with Crippen molar-refractivity contribution in [3.8, 4) is 0 Å². The lowest BCUT2D eigenvalue weighted by Gasteiger charge is -2.40. The van der Waals surface area contributed by atoms with E-state index in [4.69, 9.17) is 23.2 Å². The number of halogens is 3. The van der Waals surface area contributed by atoms with Crippen molar-refractivity contribution in [3.05, 3.63) is 51.9 Å². The lowest BCUT2D eigenvalue weighted by atomic mass is 9.89. The topological polar surface area (TPSA) is 69.7 Å². The maximum absolute atomic E-state index is 14.2. The van der Waals surface area contributed by atoms with Gasteiger partial charge >= 0.3 is 0 Å². The maximum atomic E-state index is 14.2. The van der Waals surface area contributed by atoms with Gasteiger partial charge in [0, 0.05) is 23.7 Å². The number of piperidine rings is 1. The molecule has 0 atom stereocenters. The number of H-pyrrole nitrogens is 1. The average Bonchev–Trinajstić information content (AvgIpc) is 3.41. The van der Waals surface area contributed by atoms with E-state index in [0.29, 0.717) is 28.6 Å². The number of nitrogens with one attached hydrogen (secondary N) is 2. The molecule has 0 radical (unpaired) electrons. The Bertz CT molecular complexity index is 1050. The van der Waals surface area contributed by atoms with Gasteiger partial charge in [0.15, 0.2) is 5.65 Å². The van der Waals surface area contributed by atoms with Crippen LogP contribution in [0.5, 0.6) is 0 Å². The predicted molar refractivity (Wildman–Crippen MR) is 119 cm³/mol. The van der Waals surface area contributed by atoms with E-state index in [0.717, 1.165) is 62.8 Å². The van der Waals surface area contributed by atoms with Gasteiger partial charge in [-0.2, -0.15) is 4.98 Å². The minimum Gasteiger partial charge on any atom is -0.342 e. The Hall–Kier alpha value is -1.80. The highest BCUT2D eigenvalue weighted by Gasteiger charge is 2.41. The SMILES string of the molecule is Fc1cccc(Cl)c1CC1CCN(NC2(c3nc(Cl)nc4nc[nH]c34)CCCC2)CC1. The lowest BCUT2D eigenvalue weighted by molar-refractivity contribution is 0.0616. The summed E-state index contributed by atoms with van der Waals surface area (Å²) in [6, 6.07) is 4.92. The van der Waals surface area contributed by atoms with Crippen LogP contribution in [0.1, 0.15) is 49.8 Å². The molecule has 164 valence electrons. The fourth-order valence-electron chi connectivity index (χ4n) is 5.10. The minimum atomic E-state index is -0.279. The normalized spacial score (nSPS) is 20.0. The number of aromatic amines is 1. The Morgan fingerprint density at radius 1 is 1.16 bits per heavy atom. The largest absolute Gasteiger partial charge is 0.342 e. The first-order valence-corrected chi connectivity index (χ1v) is 11.6. The van der Waals surface area contributed by atoms with Gasteiger partial charge in [0.1, 0.15) is 11.3 Å². The quantitative estimate of drug-likeness (QED) is 0.520. The van der Waals surface area contributed by atoms with Crippen LogP contribution in [0.4, 0.5) is 4.39 Å². The summed E-state index contributed by atoms with van der Waals surface area (Å²) in [5, 5.41) is 3.04. The van der Waals surface area contributed by atoms with Crippen LogP contribution >= 0.6 is 23.2 Å². The first-order chi connectivity index (χ1) is 15.0. The van der Waals surface area contributed by atoms with Crippen molar-refractivity contribution in [2.75, 3.05) is 13.1 Å². The van der Waals surface area contributed by atoms with E-state index in [1.165, 1.54) is 6.07 Å². The summed E-state index contributed by atoms with van der Waals surface area (Å²) in [7, 11) is 0. The summed E-state index contributed by atoms with van der Waals surface area (Å²) in [5.41, 5.74) is 6.51. The van der Waals surface area contributed by atoms with Crippen LogP contribution in [-0.4, -0.2) is 38.0 Å². The van der Waals surface area contributed by atoms with E-state index < -0.39 is 0 Å². The molecule has 2 aliphatic rings. The summed E-state index contributed by atoms with van der Waals surface area (Å²) < 4.78 is 14.2. The summed E-state index contributed by atoms with van der Waals surface area (Å²) in [6.45, 7) is 1.78. The van der Waals surface area contributed by atoms with Gasteiger partial charge in [-0.1, -0.05) is 30.5 Å². The molecule has 6 nitrogen and oxygen atoms in total. The van der Waals surface area contributed by atoms with Gasteiger partial charge in [-0.3, -0.25) is 0 Å². The Balaban J connectivity index is 1.31. The number of hydrazine groups is 1. The number of aromatic nitrogens is 4. The smallest absolute Gasteiger partial charge is 0.224 e. The number of rotatable bonds is 5. The molecule has 1 aromatic carbocycles. The molecule has 31 heavy (non-hydrogen) atoms. The Kier molecular flexibility index (Phi) is 5.86. The molecule has 2 N–H and O–H groups in total. The summed E-state index contributed by atoms with van der Waals surface area (Å²) in [6.07, 6.45) is 8.52. The van der Waals surface area contributed by atoms with Gasteiger partial charge in [-0.05, 0) is 61.8 Å². The standard InChI is InChI=1S/C22H25Cl2FN6/c23-16-4-3-5-17(25)15(16)12-14-6-10-31(11-7-14)30-22(8-1-2-9-22)19-18-20(27-13-26-18)29-21(24)28-19/h3-5,13-14,30H,1-2,6-12H2,(H,26,27,28,29). The molecular formula is C22H25Cl2FN6. The third-order valence-electron chi connectivity index (χ3n) is 6.71. The molecule has 0 spiro atoms. The number of benzene rings is 1. The molecule has 3 aromatic rings. The number of imidazole rings is 1. The molecule has 1 saturated carbocycles. The number of hydrogen-bond donors (Lipinski definition) is 2. The molecule has 2 fully saturated rings. The van der Waals surface area contributed by atoms with Crippen LogP contribution in [0.25, 0.3) is 11.2 Å². The average molecular weight is 463 g/mol. The highest BCUT2D eigenvalue weighted by atomic mass is 35.5. The van der Waals surface area contributed by atoms with E-state index >= 15 is 0 Å². The maximum Gasteiger partial charge on any atom is 0.224 e. The van der Waals surface area contributed by atoms with Gasteiger partial charge in [-0.25, -0.2) is 24.8 Å². The van der Waals surface area contributed by atoms with Crippen molar-refractivity contribution >= 4 is 34.4 Å². The Morgan fingerprint density at radius 2 is 1.94 bits per heavy atom. The zero-order valence-corrected chi connectivity index (χ0v) is 18.7. The van der Waals surface area contributed by atoms with Gasteiger partial charge in [0.2, 0.25) is 5.28 Å². The highest BCUT2D eigenvalue weighted by Crippen LogP contribution is 2.41. The van der Waals surface area contributed by atoms with Gasteiger partial charge < -0.3 is 4.98 Å². The second-order valence-electron chi connectivity index (χ2n) is 8.68. The minimum absolute atomic E-state index is 0.206. The first kappa shape index (κ1) is 21.1. The van der Waals surface area contributed by atoms with E-state index in [1.807, 2.05) is 0 Å². The zero-order chi connectivity index (χ0) is 21.4. The third-order valence-corrected chi connectivity index (χ3v) is 7.23. The summed E-state index contributed by atoms with van der Waals surface area (Å²) >= 11 is 12.5. The molecule has 3 heterocycles. The van der Waals surface area contributed by atoms with Crippen LogP contribution < -0.4 is 5.43 Å². The Morgan fingerprint density at radius 3 is 2.68 bits per heavy atom. The van der Waals surface area contributed by atoms with Crippen LogP contribution in [0.3, 0.4) is 0 Å². The fraction of sp³-hybridized carbons (Fsp3) is 0.500. The summed E-state index contributed by atoms with van der Waals surface area (Å²) in [5.74, 6) is 0.210. The second kappa shape index (κ2) is 8.62. The molecule has 1 saturated heterocycles. The van der Waals surface area contributed by atoms with Gasteiger partial charge in [-0.15, -0.1) is 0 Å². The number of hydrogen-bond acceptors (Lipinski definition) is 5. The van der Waals surface area contributed by atoms with E-state index in [2.05, 4.69) is 30.4 Å². The molecule has 2 aromatic heterocycles. The van der Waals surface area contributed by atoms with Gasteiger partial charge in [0.05, 0.1) is 17.6 Å². The molecule has 9 heteroatoms. The van der Waals surface area contributed by atoms with Crippen LogP contribution in [0.15, 0.2) is 24.5 Å². The van der Waals surface area contributed by atoms with Crippen molar-refractivity contribution in [2.24, 2.45) is 5.92 Å². The fourth-order valence-corrected chi connectivity index (χ4v) is 5.51. The second-order valence-corrected chi connectivity index (χ2v) is 9.42. The van der Waals surface area contributed by atoms with Crippen LogP contribution in [0.2, 0.25) is 10.3 Å². The van der Waals surface area contributed by atoms with Crippen molar-refractivity contribution < 1.29 is 4.39 Å². The van der Waals surface area contributed by atoms with E-state index in [-0.39, 0.29) is 16.6 Å². The molecule has 0 bridgehead atoms. The van der Waals surface area contributed by atoms with Crippen molar-refractivity contribution in [1.29, 1.82) is 0 Å². The van der Waals surface area contributed by atoms with Crippen LogP contribution in [-0.2, 0) is 12.0 Å². The van der Waals surface area contributed by atoms with Crippen molar-refractivity contribution in [3.63, 3.8) is 0 Å².